The van der Waals surface area contributed by atoms with E-state index in [9.17, 15) is 4.79 Å². The van der Waals surface area contributed by atoms with E-state index in [1.165, 1.54) is 0 Å². The van der Waals surface area contributed by atoms with Crippen LogP contribution in [0.3, 0.4) is 0 Å². The molecular formula is C13H23N3OS. The van der Waals surface area contributed by atoms with Crippen molar-refractivity contribution in [3.8, 4) is 0 Å². The van der Waals surface area contributed by atoms with Gasteiger partial charge in [-0.2, -0.15) is 0 Å². The lowest BCUT2D eigenvalue weighted by Gasteiger charge is -2.28. The largest absolute Gasteiger partial charge is 0.368 e. The number of carbonyl (C=O) groups is 1. The summed E-state index contributed by atoms with van der Waals surface area (Å²) >= 11 is 1.66. The van der Waals surface area contributed by atoms with Crippen LogP contribution in [0.1, 0.15) is 51.2 Å². The zero-order valence-electron chi connectivity index (χ0n) is 11.8. The molecule has 1 aromatic heterocycles. The molecule has 102 valence electrons. The first-order valence-corrected chi connectivity index (χ1v) is 7.06. The fraction of sp³-hybridized carbons (Fsp3) is 0.692. The van der Waals surface area contributed by atoms with Crippen LogP contribution in [0.2, 0.25) is 0 Å². The fourth-order valence-electron chi connectivity index (χ4n) is 1.71. The highest BCUT2D eigenvalue weighted by atomic mass is 32.1. The Balaban J connectivity index is 2.65. The number of nitrogens with two attached hydrogens (primary N) is 1. The van der Waals surface area contributed by atoms with Crippen LogP contribution in [0.4, 0.5) is 0 Å². The van der Waals surface area contributed by atoms with Gasteiger partial charge in [-0.25, -0.2) is 4.98 Å². The molecule has 0 spiro atoms. The molecule has 0 aliphatic rings. The smallest absolute Gasteiger partial charge is 0.235 e. The lowest BCUT2D eigenvalue weighted by molar-refractivity contribution is -0.122. The summed E-state index contributed by atoms with van der Waals surface area (Å²) in [7, 11) is 0. The highest BCUT2D eigenvalue weighted by Crippen LogP contribution is 2.21. The van der Waals surface area contributed by atoms with Crippen molar-refractivity contribution in [1.29, 1.82) is 0 Å². The molecular weight excluding hydrogens is 246 g/mol. The van der Waals surface area contributed by atoms with Crippen LogP contribution in [0, 0.1) is 5.41 Å². The molecule has 0 radical (unpaired) electrons. The summed E-state index contributed by atoms with van der Waals surface area (Å²) in [6, 6.07) is -0.346. The second-order valence-corrected chi connectivity index (χ2v) is 6.80. The SMILES string of the molecule is CC(C)c1nc(CNC(C(N)=O)C(C)(C)C)cs1. The Hall–Kier alpha value is -0.940. The van der Waals surface area contributed by atoms with Crippen molar-refractivity contribution < 1.29 is 4.79 Å². The number of thiazole rings is 1. The number of nitrogens with zero attached hydrogens (tertiary/aromatic N) is 1. The second-order valence-electron chi connectivity index (χ2n) is 5.91. The van der Waals surface area contributed by atoms with Crippen molar-refractivity contribution in [3.05, 3.63) is 16.1 Å². The summed E-state index contributed by atoms with van der Waals surface area (Å²) in [4.78, 5) is 15.9. The van der Waals surface area contributed by atoms with Crippen molar-refractivity contribution in [2.75, 3.05) is 0 Å². The van der Waals surface area contributed by atoms with E-state index >= 15 is 0 Å². The van der Waals surface area contributed by atoms with Crippen molar-refractivity contribution in [1.82, 2.24) is 10.3 Å². The van der Waals surface area contributed by atoms with Gasteiger partial charge in [0, 0.05) is 17.8 Å². The number of primary amides is 1. The number of aromatic nitrogens is 1. The third-order valence-electron chi connectivity index (χ3n) is 2.70. The first-order chi connectivity index (χ1) is 8.21. The Morgan fingerprint density at radius 3 is 2.50 bits per heavy atom. The summed E-state index contributed by atoms with van der Waals surface area (Å²) in [6.45, 7) is 10.8. The molecule has 0 saturated carbocycles. The van der Waals surface area contributed by atoms with Crippen LogP contribution < -0.4 is 11.1 Å². The molecule has 0 aliphatic heterocycles. The van der Waals surface area contributed by atoms with Gasteiger partial charge < -0.3 is 5.73 Å². The van der Waals surface area contributed by atoms with Crippen LogP contribution in [-0.2, 0) is 11.3 Å². The molecule has 0 aliphatic carbocycles. The van der Waals surface area contributed by atoms with E-state index in [1.54, 1.807) is 11.3 Å². The maximum absolute atomic E-state index is 11.4. The summed E-state index contributed by atoms with van der Waals surface area (Å²) in [5.41, 5.74) is 6.20. The lowest BCUT2D eigenvalue weighted by atomic mass is 9.86. The minimum absolute atomic E-state index is 0.192. The maximum Gasteiger partial charge on any atom is 0.235 e. The van der Waals surface area contributed by atoms with Gasteiger partial charge in [-0.15, -0.1) is 11.3 Å². The van der Waals surface area contributed by atoms with Crippen LogP contribution in [0.5, 0.6) is 0 Å². The molecule has 1 aromatic rings. The molecule has 18 heavy (non-hydrogen) atoms. The fourth-order valence-corrected chi connectivity index (χ4v) is 2.54. The van der Waals surface area contributed by atoms with E-state index in [2.05, 4.69) is 24.1 Å². The quantitative estimate of drug-likeness (QED) is 0.861. The third-order valence-corrected chi connectivity index (χ3v) is 3.90. The van der Waals surface area contributed by atoms with Crippen LogP contribution in [0.25, 0.3) is 0 Å². The number of rotatable bonds is 5. The average molecular weight is 269 g/mol. The van der Waals surface area contributed by atoms with Gasteiger partial charge in [0.1, 0.15) is 0 Å². The van der Waals surface area contributed by atoms with E-state index in [0.717, 1.165) is 10.7 Å². The monoisotopic (exact) mass is 269 g/mol. The summed E-state index contributed by atoms with van der Waals surface area (Å²) in [6.07, 6.45) is 0. The topological polar surface area (TPSA) is 68.0 Å². The number of amides is 1. The van der Waals surface area contributed by atoms with Gasteiger partial charge in [0.25, 0.3) is 0 Å². The van der Waals surface area contributed by atoms with E-state index < -0.39 is 0 Å². The van der Waals surface area contributed by atoms with Crippen molar-refractivity contribution >= 4 is 17.2 Å². The molecule has 1 atom stereocenters. The van der Waals surface area contributed by atoms with Crippen LogP contribution in [-0.4, -0.2) is 16.9 Å². The Morgan fingerprint density at radius 1 is 1.50 bits per heavy atom. The normalized spacial score (nSPS) is 13.9. The molecule has 1 rings (SSSR count). The van der Waals surface area contributed by atoms with Gasteiger partial charge in [-0.1, -0.05) is 34.6 Å². The molecule has 5 heteroatoms. The summed E-state index contributed by atoms with van der Waals surface area (Å²) < 4.78 is 0. The van der Waals surface area contributed by atoms with Gasteiger partial charge in [0.05, 0.1) is 16.7 Å². The van der Waals surface area contributed by atoms with E-state index in [4.69, 9.17) is 5.73 Å². The van der Waals surface area contributed by atoms with Crippen molar-refractivity contribution in [2.45, 2.75) is 53.1 Å². The Labute approximate surface area is 113 Å². The van der Waals surface area contributed by atoms with E-state index in [-0.39, 0.29) is 17.4 Å². The number of hydrogen-bond donors (Lipinski definition) is 2. The molecule has 0 fully saturated rings. The standard InChI is InChI=1S/C13H23N3OS/c1-8(2)12-16-9(7-18-12)6-15-10(11(14)17)13(3,4)5/h7-8,10,15H,6H2,1-5H3,(H2,14,17). The van der Waals surface area contributed by atoms with Gasteiger partial charge in [-0.3, -0.25) is 10.1 Å². The Bertz CT molecular complexity index is 407. The molecule has 3 N–H and O–H groups in total. The predicted octanol–water partition coefficient (Wildman–Crippen LogP) is 2.26. The maximum atomic E-state index is 11.4. The average Bonchev–Trinajstić information content (AvgIpc) is 2.63. The third kappa shape index (κ3) is 4.07. The lowest BCUT2D eigenvalue weighted by Crippen LogP contribution is -2.49. The van der Waals surface area contributed by atoms with Crippen molar-refractivity contribution in [2.24, 2.45) is 11.1 Å². The first-order valence-electron chi connectivity index (χ1n) is 6.19. The zero-order chi connectivity index (χ0) is 13.9. The predicted molar refractivity (Wildman–Crippen MR) is 75.5 cm³/mol. The number of nitrogens with one attached hydrogen (secondary N) is 1. The van der Waals surface area contributed by atoms with Gasteiger partial charge in [0.2, 0.25) is 5.91 Å². The molecule has 4 nitrogen and oxygen atoms in total. The first kappa shape index (κ1) is 15.1. The zero-order valence-corrected chi connectivity index (χ0v) is 12.6. The molecule has 1 heterocycles. The molecule has 1 unspecified atom stereocenters. The van der Waals surface area contributed by atoms with Crippen LogP contribution >= 0.6 is 11.3 Å². The summed E-state index contributed by atoms with van der Waals surface area (Å²) in [5.74, 6) is 0.125. The molecule has 0 saturated heterocycles. The van der Waals surface area contributed by atoms with Gasteiger partial charge in [-0.05, 0) is 5.41 Å². The highest BCUT2D eigenvalue weighted by Gasteiger charge is 2.29. The van der Waals surface area contributed by atoms with Gasteiger partial charge in [0.15, 0.2) is 0 Å². The second kappa shape index (κ2) is 5.80. The van der Waals surface area contributed by atoms with Gasteiger partial charge >= 0.3 is 0 Å². The number of hydrogen-bond acceptors (Lipinski definition) is 4. The van der Waals surface area contributed by atoms with Crippen LogP contribution in [0.15, 0.2) is 5.38 Å². The minimum atomic E-state index is -0.346. The molecule has 0 aromatic carbocycles. The Morgan fingerprint density at radius 2 is 2.11 bits per heavy atom. The van der Waals surface area contributed by atoms with Crippen molar-refractivity contribution in [3.63, 3.8) is 0 Å². The minimum Gasteiger partial charge on any atom is -0.368 e. The molecule has 0 bridgehead atoms. The summed E-state index contributed by atoms with van der Waals surface area (Å²) in [5, 5.41) is 6.35. The Kier molecular flexibility index (Phi) is 4.87. The molecule has 1 amide bonds. The highest BCUT2D eigenvalue weighted by molar-refractivity contribution is 7.09. The number of carbonyl (C=O) groups excluding carboxylic acids is 1. The van der Waals surface area contributed by atoms with E-state index in [0.29, 0.717) is 12.5 Å². The van der Waals surface area contributed by atoms with E-state index in [1.807, 2.05) is 26.2 Å².